The molecule has 5 nitrogen and oxygen atoms in total. The van der Waals surface area contributed by atoms with Crippen LogP contribution in [0.2, 0.25) is 0 Å². The first kappa shape index (κ1) is 15.5. The van der Waals surface area contributed by atoms with Crippen LogP contribution in [0.1, 0.15) is 40.1 Å². The van der Waals surface area contributed by atoms with Gasteiger partial charge in [0.15, 0.2) is 0 Å². The smallest absolute Gasteiger partial charge is 0.271 e. The Labute approximate surface area is 148 Å². The lowest BCUT2D eigenvalue weighted by atomic mass is 10.2. The van der Waals surface area contributed by atoms with E-state index in [-0.39, 0.29) is 11.9 Å². The predicted molar refractivity (Wildman–Crippen MR) is 96.3 cm³/mol. The molecular weight excluding hydrogens is 340 g/mol. The molecule has 0 aromatic carbocycles. The van der Waals surface area contributed by atoms with Crippen molar-refractivity contribution in [1.29, 1.82) is 0 Å². The van der Waals surface area contributed by atoms with E-state index < -0.39 is 0 Å². The maximum absolute atomic E-state index is 12.6. The normalized spacial score (nSPS) is 15.4. The molecular formula is C17H18N4OS2. The summed E-state index contributed by atoms with van der Waals surface area (Å²) in [5.41, 5.74) is 2.69. The SMILES string of the molecule is Cc1ccc(-c2nc(C(=O)N[C@H](c3nccs3)C3CC3)cs2)n1C. The maximum atomic E-state index is 12.6. The van der Waals surface area contributed by atoms with Gasteiger partial charge in [-0.05, 0) is 37.8 Å². The molecule has 1 amide bonds. The third kappa shape index (κ3) is 2.89. The number of hydrogen-bond donors (Lipinski definition) is 1. The molecule has 7 heteroatoms. The Morgan fingerprint density at radius 1 is 1.38 bits per heavy atom. The molecule has 3 aromatic heterocycles. The highest BCUT2D eigenvalue weighted by Gasteiger charge is 2.35. The van der Waals surface area contributed by atoms with E-state index in [1.165, 1.54) is 17.0 Å². The highest BCUT2D eigenvalue weighted by atomic mass is 32.1. The molecule has 0 bridgehead atoms. The van der Waals surface area contributed by atoms with Gasteiger partial charge >= 0.3 is 0 Å². The van der Waals surface area contributed by atoms with Crippen LogP contribution in [0.3, 0.4) is 0 Å². The summed E-state index contributed by atoms with van der Waals surface area (Å²) < 4.78 is 2.09. The van der Waals surface area contributed by atoms with Crippen LogP contribution in [0.25, 0.3) is 10.7 Å². The first-order chi connectivity index (χ1) is 11.6. The summed E-state index contributed by atoms with van der Waals surface area (Å²) in [6, 6.07) is 4.11. The highest BCUT2D eigenvalue weighted by molar-refractivity contribution is 7.13. The van der Waals surface area contributed by atoms with Gasteiger partial charge in [-0.25, -0.2) is 9.97 Å². The van der Waals surface area contributed by atoms with Crippen LogP contribution in [-0.4, -0.2) is 20.4 Å². The number of hydrogen-bond acceptors (Lipinski definition) is 5. The van der Waals surface area contributed by atoms with Gasteiger partial charge in [-0.2, -0.15) is 0 Å². The van der Waals surface area contributed by atoms with Gasteiger partial charge in [-0.1, -0.05) is 0 Å². The second-order valence-electron chi connectivity index (χ2n) is 6.12. The Balaban J connectivity index is 1.54. The quantitative estimate of drug-likeness (QED) is 0.755. The van der Waals surface area contributed by atoms with Crippen molar-refractivity contribution in [3.8, 4) is 10.7 Å². The zero-order valence-corrected chi connectivity index (χ0v) is 15.2. The molecule has 124 valence electrons. The highest BCUT2D eigenvalue weighted by Crippen LogP contribution is 2.41. The number of aromatic nitrogens is 3. The molecule has 3 heterocycles. The Kier molecular flexibility index (Phi) is 3.97. The summed E-state index contributed by atoms with van der Waals surface area (Å²) in [6.45, 7) is 2.05. The number of thiazole rings is 2. The van der Waals surface area contributed by atoms with Crippen molar-refractivity contribution in [2.75, 3.05) is 0 Å². The van der Waals surface area contributed by atoms with E-state index in [4.69, 9.17) is 0 Å². The lowest BCUT2D eigenvalue weighted by molar-refractivity contribution is 0.0927. The Hall–Kier alpha value is -1.99. The summed E-state index contributed by atoms with van der Waals surface area (Å²) in [6.07, 6.45) is 4.09. The minimum Gasteiger partial charge on any atom is -0.346 e. The number of carbonyl (C=O) groups is 1. The van der Waals surface area contributed by atoms with Gasteiger partial charge in [0.25, 0.3) is 5.91 Å². The van der Waals surface area contributed by atoms with E-state index in [0.29, 0.717) is 11.6 Å². The average Bonchev–Trinajstić information content (AvgIpc) is 2.98. The number of aryl methyl sites for hydroxylation is 1. The second kappa shape index (κ2) is 6.14. The van der Waals surface area contributed by atoms with E-state index >= 15 is 0 Å². The number of nitrogens with one attached hydrogen (secondary N) is 1. The molecule has 24 heavy (non-hydrogen) atoms. The van der Waals surface area contributed by atoms with Gasteiger partial charge in [0.2, 0.25) is 0 Å². The Morgan fingerprint density at radius 3 is 2.83 bits per heavy atom. The molecule has 1 saturated carbocycles. The fourth-order valence-corrected chi connectivity index (χ4v) is 4.38. The van der Waals surface area contributed by atoms with Crippen molar-refractivity contribution in [3.05, 3.63) is 45.5 Å². The van der Waals surface area contributed by atoms with Gasteiger partial charge in [0, 0.05) is 29.7 Å². The van der Waals surface area contributed by atoms with Crippen molar-refractivity contribution in [2.45, 2.75) is 25.8 Å². The van der Waals surface area contributed by atoms with Gasteiger partial charge in [-0.3, -0.25) is 4.79 Å². The molecule has 1 aliphatic carbocycles. The third-order valence-electron chi connectivity index (χ3n) is 4.43. The number of nitrogens with zero attached hydrogens (tertiary/aromatic N) is 3. The molecule has 0 unspecified atom stereocenters. The molecule has 1 aliphatic rings. The summed E-state index contributed by atoms with van der Waals surface area (Å²) in [4.78, 5) is 21.5. The number of rotatable bonds is 5. The zero-order valence-electron chi connectivity index (χ0n) is 13.5. The Morgan fingerprint density at radius 2 is 2.21 bits per heavy atom. The zero-order chi connectivity index (χ0) is 16.7. The van der Waals surface area contributed by atoms with Crippen LogP contribution in [0, 0.1) is 12.8 Å². The molecule has 0 spiro atoms. The molecule has 1 atom stereocenters. The van der Waals surface area contributed by atoms with Crippen LogP contribution in [0.5, 0.6) is 0 Å². The van der Waals surface area contributed by atoms with Crippen molar-refractivity contribution in [1.82, 2.24) is 19.9 Å². The van der Waals surface area contributed by atoms with Gasteiger partial charge in [-0.15, -0.1) is 22.7 Å². The first-order valence-corrected chi connectivity index (χ1v) is 9.68. The maximum Gasteiger partial charge on any atom is 0.271 e. The van der Waals surface area contributed by atoms with E-state index in [2.05, 4.69) is 32.8 Å². The van der Waals surface area contributed by atoms with E-state index in [1.54, 1.807) is 17.5 Å². The van der Waals surface area contributed by atoms with E-state index in [1.807, 2.05) is 23.9 Å². The molecule has 1 N–H and O–H groups in total. The number of amides is 1. The van der Waals surface area contributed by atoms with Crippen molar-refractivity contribution in [3.63, 3.8) is 0 Å². The molecule has 0 saturated heterocycles. The molecule has 3 aromatic rings. The fraction of sp³-hybridized carbons (Fsp3) is 0.353. The average molecular weight is 358 g/mol. The predicted octanol–water partition coefficient (Wildman–Crippen LogP) is 3.79. The lowest BCUT2D eigenvalue weighted by Crippen LogP contribution is -2.30. The van der Waals surface area contributed by atoms with Crippen LogP contribution < -0.4 is 5.32 Å². The summed E-state index contributed by atoms with van der Waals surface area (Å²) >= 11 is 3.10. The Bertz CT molecular complexity index is 861. The van der Waals surface area contributed by atoms with Crippen LogP contribution in [-0.2, 0) is 7.05 Å². The first-order valence-electron chi connectivity index (χ1n) is 7.92. The monoisotopic (exact) mass is 358 g/mol. The standard InChI is InChI=1S/C17H18N4OS2/c1-10-3-6-13(21(10)2)16-19-12(9-24-16)15(22)20-14(11-4-5-11)17-18-7-8-23-17/h3,6-9,11,14H,4-5H2,1-2H3,(H,20,22)/t14-/m0/s1. The molecule has 1 fully saturated rings. The molecule has 4 rings (SSSR count). The van der Waals surface area contributed by atoms with Crippen molar-refractivity contribution < 1.29 is 4.79 Å². The van der Waals surface area contributed by atoms with Crippen LogP contribution in [0.15, 0.2) is 29.1 Å². The fourth-order valence-electron chi connectivity index (χ4n) is 2.74. The van der Waals surface area contributed by atoms with E-state index in [0.717, 1.165) is 28.6 Å². The molecule has 0 aliphatic heterocycles. The van der Waals surface area contributed by atoms with Crippen LogP contribution in [0.4, 0.5) is 0 Å². The lowest BCUT2D eigenvalue weighted by Gasteiger charge is -2.14. The minimum absolute atomic E-state index is 0.0138. The van der Waals surface area contributed by atoms with Gasteiger partial charge in [0.1, 0.15) is 15.7 Å². The number of carbonyl (C=O) groups excluding carboxylic acids is 1. The van der Waals surface area contributed by atoms with Gasteiger partial charge in [0.05, 0.1) is 11.7 Å². The van der Waals surface area contributed by atoms with Crippen molar-refractivity contribution >= 4 is 28.6 Å². The third-order valence-corrected chi connectivity index (χ3v) is 6.15. The summed E-state index contributed by atoms with van der Waals surface area (Å²) in [5, 5.41) is 8.77. The minimum atomic E-state index is -0.115. The largest absolute Gasteiger partial charge is 0.346 e. The van der Waals surface area contributed by atoms with Crippen molar-refractivity contribution in [2.24, 2.45) is 13.0 Å². The van der Waals surface area contributed by atoms with E-state index in [9.17, 15) is 4.79 Å². The van der Waals surface area contributed by atoms with Gasteiger partial charge < -0.3 is 9.88 Å². The summed E-state index contributed by atoms with van der Waals surface area (Å²) in [7, 11) is 2.01. The second-order valence-corrected chi connectivity index (χ2v) is 7.90. The molecule has 0 radical (unpaired) electrons. The summed E-state index contributed by atoms with van der Waals surface area (Å²) in [5.74, 6) is 0.393. The topological polar surface area (TPSA) is 59.8 Å². The van der Waals surface area contributed by atoms with Crippen LogP contribution >= 0.6 is 22.7 Å².